The Hall–Kier alpha value is -0.340. The largest absolute Gasteiger partial charge is 0.307 e. The zero-order chi connectivity index (χ0) is 11.7. The van der Waals surface area contributed by atoms with Crippen LogP contribution in [0.2, 0.25) is 0 Å². The van der Waals surface area contributed by atoms with E-state index in [0.717, 1.165) is 12.0 Å². The fourth-order valence-electron chi connectivity index (χ4n) is 2.88. The summed E-state index contributed by atoms with van der Waals surface area (Å²) in [5.74, 6) is 0.850. The summed E-state index contributed by atoms with van der Waals surface area (Å²) >= 11 is 1.92. The number of nitrogens with one attached hydrogen (secondary N) is 1. The zero-order valence-electron chi connectivity index (χ0n) is 10.8. The third-order valence-electron chi connectivity index (χ3n) is 3.87. The highest BCUT2D eigenvalue weighted by atomic mass is 32.1. The monoisotopic (exact) mass is 237 g/mol. The first-order valence-electron chi connectivity index (χ1n) is 6.41. The number of thiophene rings is 1. The molecule has 3 atom stereocenters. The van der Waals surface area contributed by atoms with Gasteiger partial charge in [-0.05, 0) is 51.2 Å². The molecule has 0 aromatic carbocycles. The van der Waals surface area contributed by atoms with E-state index < -0.39 is 0 Å². The van der Waals surface area contributed by atoms with E-state index in [9.17, 15) is 0 Å². The lowest BCUT2D eigenvalue weighted by Gasteiger charge is -2.23. The minimum absolute atomic E-state index is 0.510. The SMILES string of the molecule is Cc1cc(C(C)NC2CCCC2C)c(C)s1. The van der Waals surface area contributed by atoms with E-state index in [-0.39, 0.29) is 0 Å². The summed E-state index contributed by atoms with van der Waals surface area (Å²) in [6.45, 7) is 9.12. The van der Waals surface area contributed by atoms with Gasteiger partial charge in [0, 0.05) is 21.8 Å². The lowest BCUT2D eigenvalue weighted by atomic mass is 10.0. The Morgan fingerprint density at radius 2 is 2.12 bits per heavy atom. The molecule has 16 heavy (non-hydrogen) atoms. The second-order valence-electron chi connectivity index (χ2n) is 5.27. The molecule has 1 heterocycles. The molecule has 2 heteroatoms. The van der Waals surface area contributed by atoms with Crippen molar-refractivity contribution >= 4 is 11.3 Å². The average molecular weight is 237 g/mol. The van der Waals surface area contributed by atoms with Gasteiger partial charge in [-0.1, -0.05) is 13.3 Å². The molecule has 1 saturated carbocycles. The second-order valence-corrected chi connectivity index (χ2v) is 6.73. The van der Waals surface area contributed by atoms with Crippen LogP contribution in [0.5, 0.6) is 0 Å². The molecule has 1 aliphatic rings. The highest BCUT2D eigenvalue weighted by Gasteiger charge is 2.25. The van der Waals surface area contributed by atoms with Crippen LogP contribution in [-0.2, 0) is 0 Å². The molecule has 0 aliphatic heterocycles. The molecule has 90 valence electrons. The standard InChI is InChI=1S/C14H23NS/c1-9-6-5-7-14(9)15-11(3)13-8-10(2)16-12(13)4/h8-9,11,14-15H,5-7H2,1-4H3. The number of hydrogen-bond donors (Lipinski definition) is 1. The van der Waals surface area contributed by atoms with Crippen LogP contribution >= 0.6 is 11.3 Å². The van der Waals surface area contributed by atoms with Crippen molar-refractivity contribution in [2.75, 3.05) is 0 Å². The summed E-state index contributed by atoms with van der Waals surface area (Å²) in [6.07, 6.45) is 4.15. The first kappa shape index (κ1) is 12.1. The normalized spacial score (nSPS) is 27.2. The van der Waals surface area contributed by atoms with Crippen molar-refractivity contribution in [3.8, 4) is 0 Å². The van der Waals surface area contributed by atoms with Crippen LogP contribution in [0.1, 0.15) is 54.5 Å². The van der Waals surface area contributed by atoms with Gasteiger partial charge in [0.1, 0.15) is 0 Å². The Morgan fingerprint density at radius 1 is 1.38 bits per heavy atom. The fourth-order valence-corrected chi connectivity index (χ4v) is 3.91. The third-order valence-corrected chi connectivity index (χ3v) is 4.85. The van der Waals surface area contributed by atoms with E-state index in [1.54, 1.807) is 0 Å². The quantitative estimate of drug-likeness (QED) is 0.830. The fraction of sp³-hybridized carbons (Fsp3) is 0.714. The van der Waals surface area contributed by atoms with Crippen LogP contribution in [0, 0.1) is 19.8 Å². The van der Waals surface area contributed by atoms with Crippen molar-refractivity contribution in [2.24, 2.45) is 5.92 Å². The lowest BCUT2D eigenvalue weighted by molar-refractivity contribution is 0.388. The van der Waals surface area contributed by atoms with Gasteiger partial charge in [0.15, 0.2) is 0 Å². The minimum Gasteiger partial charge on any atom is -0.307 e. The Morgan fingerprint density at radius 3 is 2.62 bits per heavy atom. The minimum atomic E-state index is 0.510. The van der Waals surface area contributed by atoms with Crippen LogP contribution < -0.4 is 5.32 Å². The summed E-state index contributed by atoms with van der Waals surface area (Å²) in [7, 11) is 0. The number of rotatable bonds is 3. The topological polar surface area (TPSA) is 12.0 Å². The van der Waals surface area contributed by atoms with Gasteiger partial charge in [0.25, 0.3) is 0 Å². The maximum Gasteiger partial charge on any atom is 0.0305 e. The first-order valence-corrected chi connectivity index (χ1v) is 7.22. The highest BCUT2D eigenvalue weighted by Crippen LogP contribution is 2.30. The first-order chi connectivity index (χ1) is 7.58. The van der Waals surface area contributed by atoms with Crippen molar-refractivity contribution < 1.29 is 0 Å². The number of aryl methyl sites for hydroxylation is 2. The molecule has 1 N–H and O–H groups in total. The van der Waals surface area contributed by atoms with Gasteiger partial charge in [-0.15, -0.1) is 11.3 Å². The van der Waals surface area contributed by atoms with Gasteiger partial charge in [-0.3, -0.25) is 0 Å². The smallest absolute Gasteiger partial charge is 0.0305 e. The Labute approximate surface area is 103 Å². The molecule has 0 radical (unpaired) electrons. The van der Waals surface area contributed by atoms with E-state index in [1.165, 1.54) is 34.6 Å². The summed E-state index contributed by atoms with van der Waals surface area (Å²) in [6, 6.07) is 3.59. The Balaban J connectivity index is 2.02. The second kappa shape index (κ2) is 4.89. The molecular formula is C14H23NS. The molecule has 0 amide bonds. The van der Waals surface area contributed by atoms with Crippen molar-refractivity contribution in [1.29, 1.82) is 0 Å². The highest BCUT2D eigenvalue weighted by molar-refractivity contribution is 7.12. The average Bonchev–Trinajstić information content (AvgIpc) is 2.74. The van der Waals surface area contributed by atoms with E-state index in [1.807, 2.05) is 11.3 Å². The van der Waals surface area contributed by atoms with E-state index in [2.05, 4.69) is 39.1 Å². The van der Waals surface area contributed by atoms with Gasteiger partial charge in [0.2, 0.25) is 0 Å². The van der Waals surface area contributed by atoms with E-state index in [0.29, 0.717) is 6.04 Å². The zero-order valence-corrected chi connectivity index (χ0v) is 11.7. The van der Waals surface area contributed by atoms with Crippen LogP contribution in [0.25, 0.3) is 0 Å². The molecule has 1 nitrogen and oxygen atoms in total. The molecule has 1 fully saturated rings. The van der Waals surface area contributed by atoms with E-state index in [4.69, 9.17) is 0 Å². The van der Waals surface area contributed by atoms with Crippen molar-refractivity contribution in [3.63, 3.8) is 0 Å². The molecule has 1 aliphatic carbocycles. The van der Waals surface area contributed by atoms with Crippen LogP contribution in [0.15, 0.2) is 6.07 Å². The van der Waals surface area contributed by atoms with E-state index >= 15 is 0 Å². The maximum absolute atomic E-state index is 3.81. The summed E-state index contributed by atoms with van der Waals surface area (Å²) in [4.78, 5) is 2.91. The van der Waals surface area contributed by atoms with Crippen LogP contribution in [-0.4, -0.2) is 6.04 Å². The van der Waals surface area contributed by atoms with Gasteiger partial charge >= 0.3 is 0 Å². The predicted octanol–water partition coefficient (Wildman–Crippen LogP) is 4.20. The van der Waals surface area contributed by atoms with Gasteiger partial charge in [-0.25, -0.2) is 0 Å². The van der Waals surface area contributed by atoms with Crippen molar-refractivity contribution in [3.05, 3.63) is 21.4 Å². The summed E-state index contributed by atoms with van der Waals surface area (Å²) in [5, 5.41) is 3.81. The van der Waals surface area contributed by atoms with Crippen molar-refractivity contribution in [2.45, 2.75) is 59.0 Å². The summed E-state index contributed by atoms with van der Waals surface area (Å²) < 4.78 is 0. The molecule has 3 unspecified atom stereocenters. The Bertz CT molecular complexity index is 356. The third kappa shape index (κ3) is 2.49. The molecule has 0 spiro atoms. The van der Waals surface area contributed by atoms with Crippen molar-refractivity contribution in [1.82, 2.24) is 5.32 Å². The molecular weight excluding hydrogens is 214 g/mol. The Kier molecular flexibility index (Phi) is 3.70. The predicted molar refractivity (Wildman–Crippen MR) is 72.1 cm³/mol. The van der Waals surface area contributed by atoms with Crippen LogP contribution in [0.4, 0.5) is 0 Å². The van der Waals surface area contributed by atoms with Gasteiger partial charge in [-0.2, -0.15) is 0 Å². The molecule has 2 rings (SSSR count). The molecule has 0 bridgehead atoms. The van der Waals surface area contributed by atoms with Gasteiger partial charge in [0.05, 0.1) is 0 Å². The summed E-state index contributed by atoms with van der Waals surface area (Å²) in [5.41, 5.74) is 1.50. The molecule has 1 aromatic rings. The van der Waals surface area contributed by atoms with Gasteiger partial charge < -0.3 is 5.32 Å². The molecule has 1 aromatic heterocycles. The maximum atomic E-state index is 3.81. The van der Waals surface area contributed by atoms with Crippen LogP contribution in [0.3, 0.4) is 0 Å². The molecule has 0 saturated heterocycles. The number of hydrogen-bond acceptors (Lipinski definition) is 2. The lowest BCUT2D eigenvalue weighted by Crippen LogP contribution is -2.33.